The highest BCUT2D eigenvalue weighted by atomic mass is 32.2. The monoisotopic (exact) mass is 438 g/mol. The van der Waals surface area contributed by atoms with Gasteiger partial charge in [-0.2, -0.15) is 17.0 Å². The smallest absolute Gasteiger partial charge is 0.281 e. The zero-order valence-electron chi connectivity index (χ0n) is 17.5. The number of carbonyl (C=O) groups is 2. The van der Waals surface area contributed by atoms with Gasteiger partial charge in [0.15, 0.2) is 0 Å². The van der Waals surface area contributed by atoms with E-state index >= 15 is 0 Å². The van der Waals surface area contributed by atoms with Crippen LogP contribution in [0.15, 0.2) is 24.3 Å². The lowest BCUT2D eigenvalue weighted by Crippen LogP contribution is -2.46. The molecule has 2 fully saturated rings. The number of amides is 2. The third-order valence-corrected chi connectivity index (χ3v) is 7.50. The van der Waals surface area contributed by atoms with Crippen molar-refractivity contribution >= 4 is 27.7 Å². The summed E-state index contributed by atoms with van der Waals surface area (Å²) in [5.41, 5.74) is 0.854. The van der Waals surface area contributed by atoms with Gasteiger partial charge < -0.3 is 15.4 Å². The van der Waals surface area contributed by atoms with Gasteiger partial charge in [-0.3, -0.25) is 9.59 Å². The Bertz CT molecular complexity index is 860. The summed E-state index contributed by atoms with van der Waals surface area (Å²) in [7, 11) is -0.478. The van der Waals surface area contributed by atoms with Crippen LogP contribution >= 0.6 is 0 Å². The number of piperidine rings is 1. The van der Waals surface area contributed by atoms with E-state index in [4.69, 9.17) is 4.74 Å². The Labute approximate surface area is 177 Å². The van der Waals surface area contributed by atoms with Gasteiger partial charge in [0.1, 0.15) is 0 Å². The first kappa shape index (κ1) is 22.7. The van der Waals surface area contributed by atoms with Crippen LogP contribution in [-0.2, 0) is 19.7 Å². The Morgan fingerprint density at radius 3 is 2.50 bits per heavy atom. The molecule has 0 spiro atoms. The molecule has 2 heterocycles. The standard InChI is InChI=1S/C20H30N4O5S/c1-23(2)30(27,28)24-11-9-15(10-12-24)19(25)22-18-8-4-3-7-17(18)20(26)21-14-16-6-5-13-29-16/h3-4,7-8,15-16H,5-6,9-14H2,1-2H3,(H,21,26)(H,22,25)/t16-/m0/s1. The van der Waals surface area contributed by atoms with E-state index in [0.717, 1.165) is 19.4 Å². The maximum atomic E-state index is 12.8. The van der Waals surface area contributed by atoms with Crippen molar-refractivity contribution in [2.75, 3.05) is 45.7 Å². The van der Waals surface area contributed by atoms with Crippen LogP contribution in [0.4, 0.5) is 5.69 Å². The van der Waals surface area contributed by atoms with Crippen molar-refractivity contribution in [3.05, 3.63) is 29.8 Å². The number of nitrogens with one attached hydrogen (secondary N) is 2. The van der Waals surface area contributed by atoms with Crippen molar-refractivity contribution in [1.82, 2.24) is 13.9 Å². The first-order chi connectivity index (χ1) is 14.3. The number of hydrogen-bond acceptors (Lipinski definition) is 5. The molecule has 1 atom stereocenters. The molecular weight excluding hydrogens is 408 g/mol. The second-order valence-electron chi connectivity index (χ2n) is 7.84. The lowest BCUT2D eigenvalue weighted by atomic mass is 9.97. The SMILES string of the molecule is CN(C)S(=O)(=O)N1CCC(C(=O)Nc2ccccc2C(=O)NC[C@@H]2CCCO2)CC1. The van der Waals surface area contributed by atoms with Crippen LogP contribution in [0.1, 0.15) is 36.0 Å². The molecule has 1 aromatic carbocycles. The lowest BCUT2D eigenvalue weighted by molar-refractivity contribution is -0.120. The third-order valence-electron chi connectivity index (χ3n) is 5.56. The normalized spacial score (nSPS) is 21.0. The van der Waals surface area contributed by atoms with E-state index in [0.29, 0.717) is 43.7 Å². The average molecular weight is 439 g/mol. The summed E-state index contributed by atoms with van der Waals surface area (Å²) in [6.45, 7) is 1.76. The maximum Gasteiger partial charge on any atom is 0.281 e. The molecule has 3 rings (SSSR count). The fraction of sp³-hybridized carbons (Fsp3) is 0.600. The van der Waals surface area contributed by atoms with Crippen LogP contribution in [0.25, 0.3) is 0 Å². The van der Waals surface area contributed by atoms with Gasteiger partial charge >= 0.3 is 0 Å². The zero-order valence-corrected chi connectivity index (χ0v) is 18.3. The van der Waals surface area contributed by atoms with Gasteiger partial charge in [0.2, 0.25) is 5.91 Å². The van der Waals surface area contributed by atoms with Crippen LogP contribution in [0, 0.1) is 5.92 Å². The van der Waals surface area contributed by atoms with Gasteiger partial charge in [-0.25, -0.2) is 0 Å². The summed E-state index contributed by atoms with van der Waals surface area (Å²) in [4.78, 5) is 25.4. The van der Waals surface area contributed by atoms with Crippen molar-refractivity contribution in [3.63, 3.8) is 0 Å². The van der Waals surface area contributed by atoms with Gasteiger partial charge in [-0.1, -0.05) is 12.1 Å². The van der Waals surface area contributed by atoms with Gasteiger partial charge in [-0.05, 0) is 37.8 Å². The molecule has 0 aliphatic carbocycles. The highest BCUT2D eigenvalue weighted by molar-refractivity contribution is 7.86. The predicted octanol–water partition coefficient (Wildman–Crippen LogP) is 1.05. The quantitative estimate of drug-likeness (QED) is 0.662. The Kier molecular flexibility index (Phi) is 7.45. The van der Waals surface area contributed by atoms with Crippen molar-refractivity contribution < 1.29 is 22.7 Å². The highest BCUT2D eigenvalue weighted by Crippen LogP contribution is 2.23. The van der Waals surface area contributed by atoms with Crippen LogP contribution in [0.2, 0.25) is 0 Å². The third kappa shape index (κ3) is 5.37. The molecule has 10 heteroatoms. The Morgan fingerprint density at radius 1 is 1.17 bits per heavy atom. The number of hydrogen-bond donors (Lipinski definition) is 2. The summed E-state index contributed by atoms with van der Waals surface area (Å²) in [6, 6.07) is 6.89. The van der Waals surface area contributed by atoms with E-state index in [1.807, 2.05) is 0 Å². The maximum absolute atomic E-state index is 12.8. The Morgan fingerprint density at radius 2 is 1.87 bits per heavy atom. The lowest BCUT2D eigenvalue weighted by Gasteiger charge is -2.32. The molecule has 2 saturated heterocycles. The van der Waals surface area contributed by atoms with E-state index in [1.54, 1.807) is 24.3 Å². The molecule has 2 N–H and O–H groups in total. The molecule has 0 bridgehead atoms. The first-order valence-corrected chi connectivity index (χ1v) is 11.7. The van der Waals surface area contributed by atoms with E-state index in [-0.39, 0.29) is 23.8 Å². The van der Waals surface area contributed by atoms with Gasteiger partial charge in [-0.15, -0.1) is 0 Å². The van der Waals surface area contributed by atoms with Crippen LogP contribution in [0.5, 0.6) is 0 Å². The fourth-order valence-corrected chi connectivity index (χ4v) is 4.85. The molecule has 2 amide bonds. The summed E-state index contributed by atoms with van der Waals surface area (Å²) in [6.07, 6.45) is 2.85. The number of rotatable bonds is 7. The Hall–Kier alpha value is -2.01. The molecule has 0 aromatic heterocycles. The van der Waals surface area contributed by atoms with Crippen LogP contribution < -0.4 is 10.6 Å². The minimum Gasteiger partial charge on any atom is -0.376 e. The summed E-state index contributed by atoms with van der Waals surface area (Å²) in [5, 5.41) is 5.73. The molecule has 0 radical (unpaired) electrons. The number of benzene rings is 1. The molecule has 1 aromatic rings. The van der Waals surface area contributed by atoms with Crippen LogP contribution in [-0.4, -0.2) is 75.3 Å². The largest absolute Gasteiger partial charge is 0.376 e. The molecule has 0 saturated carbocycles. The van der Waals surface area contributed by atoms with Gasteiger partial charge in [0.05, 0.1) is 17.4 Å². The predicted molar refractivity (Wildman–Crippen MR) is 113 cm³/mol. The molecule has 30 heavy (non-hydrogen) atoms. The molecule has 2 aliphatic heterocycles. The second kappa shape index (κ2) is 9.86. The molecular formula is C20H30N4O5S. The molecule has 0 unspecified atom stereocenters. The number of ether oxygens (including phenoxy) is 1. The van der Waals surface area contributed by atoms with Gasteiger partial charge in [0.25, 0.3) is 16.1 Å². The minimum atomic E-state index is -3.47. The number of nitrogens with zero attached hydrogens (tertiary/aromatic N) is 2. The summed E-state index contributed by atoms with van der Waals surface area (Å²) < 4.78 is 32.6. The molecule has 166 valence electrons. The minimum absolute atomic E-state index is 0.0410. The van der Waals surface area contributed by atoms with Crippen LogP contribution in [0.3, 0.4) is 0 Å². The number of carbonyl (C=O) groups excluding carboxylic acids is 2. The Balaban J connectivity index is 1.57. The van der Waals surface area contributed by atoms with E-state index in [1.165, 1.54) is 22.7 Å². The molecule has 2 aliphatic rings. The van der Waals surface area contributed by atoms with Gasteiger partial charge in [0, 0.05) is 46.3 Å². The summed E-state index contributed by atoms with van der Waals surface area (Å²) in [5.74, 6) is -0.758. The number of para-hydroxylation sites is 1. The topological polar surface area (TPSA) is 108 Å². The van der Waals surface area contributed by atoms with E-state index < -0.39 is 10.2 Å². The number of anilines is 1. The fourth-order valence-electron chi connectivity index (χ4n) is 3.71. The molecule has 9 nitrogen and oxygen atoms in total. The second-order valence-corrected chi connectivity index (χ2v) is 9.99. The highest BCUT2D eigenvalue weighted by Gasteiger charge is 2.32. The zero-order chi connectivity index (χ0) is 21.7. The average Bonchev–Trinajstić information content (AvgIpc) is 3.26. The summed E-state index contributed by atoms with van der Waals surface area (Å²) >= 11 is 0. The first-order valence-electron chi connectivity index (χ1n) is 10.3. The van der Waals surface area contributed by atoms with E-state index in [9.17, 15) is 18.0 Å². The van der Waals surface area contributed by atoms with Crippen molar-refractivity contribution in [3.8, 4) is 0 Å². The van der Waals surface area contributed by atoms with Crippen molar-refractivity contribution in [2.24, 2.45) is 5.92 Å². The van der Waals surface area contributed by atoms with E-state index in [2.05, 4.69) is 10.6 Å². The van der Waals surface area contributed by atoms with Crippen molar-refractivity contribution in [1.29, 1.82) is 0 Å². The van der Waals surface area contributed by atoms with Crippen molar-refractivity contribution in [2.45, 2.75) is 31.8 Å².